The predicted molar refractivity (Wildman–Crippen MR) is 73.7 cm³/mol. The second-order valence-corrected chi connectivity index (χ2v) is 6.49. The lowest BCUT2D eigenvalue weighted by Gasteiger charge is -2.38. The smallest absolute Gasteiger partial charge is 0.246 e. The van der Waals surface area contributed by atoms with Gasteiger partial charge in [0.05, 0.1) is 0 Å². The molecule has 2 N–H and O–H groups in total. The molecule has 0 aliphatic heterocycles. The monoisotopic (exact) mass is 288 g/mol. The van der Waals surface area contributed by atoms with Crippen LogP contribution in [-0.2, 0) is 10.0 Å². The second-order valence-electron chi connectivity index (χ2n) is 4.65. The SMILES string of the molecule is CCN(C(C)(CC)CN)S(=O)(=O)c1ccccc1F. The summed E-state index contributed by atoms with van der Waals surface area (Å²) in [5.41, 5.74) is 4.99. The van der Waals surface area contributed by atoms with Crippen LogP contribution in [0.3, 0.4) is 0 Å². The van der Waals surface area contributed by atoms with Gasteiger partial charge in [-0.3, -0.25) is 0 Å². The molecule has 1 rings (SSSR count). The van der Waals surface area contributed by atoms with Crippen molar-refractivity contribution in [3.8, 4) is 0 Å². The summed E-state index contributed by atoms with van der Waals surface area (Å²) < 4.78 is 40.2. The first-order chi connectivity index (χ1) is 8.83. The van der Waals surface area contributed by atoms with Crippen molar-refractivity contribution in [3.63, 3.8) is 0 Å². The minimum absolute atomic E-state index is 0.186. The normalized spacial score (nSPS) is 15.5. The highest BCUT2D eigenvalue weighted by molar-refractivity contribution is 7.89. The van der Waals surface area contributed by atoms with E-state index in [1.807, 2.05) is 6.92 Å². The van der Waals surface area contributed by atoms with Crippen molar-refractivity contribution in [2.75, 3.05) is 13.1 Å². The fourth-order valence-electron chi connectivity index (χ4n) is 2.04. The van der Waals surface area contributed by atoms with E-state index in [0.717, 1.165) is 6.07 Å². The van der Waals surface area contributed by atoms with Gasteiger partial charge in [-0.25, -0.2) is 12.8 Å². The Morgan fingerprint density at radius 3 is 2.32 bits per heavy atom. The summed E-state index contributed by atoms with van der Waals surface area (Å²) in [6, 6.07) is 5.40. The first kappa shape index (κ1) is 16.1. The molecule has 4 nitrogen and oxygen atoms in total. The number of halogens is 1. The van der Waals surface area contributed by atoms with Crippen LogP contribution in [0.1, 0.15) is 27.2 Å². The second kappa shape index (κ2) is 5.98. The van der Waals surface area contributed by atoms with E-state index in [1.54, 1.807) is 13.8 Å². The van der Waals surface area contributed by atoms with E-state index in [0.29, 0.717) is 6.42 Å². The van der Waals surface area contributed by atoms with Crippen molar-refractivity contribution in [2.45, 2.75) is 37.6 Å². The average molecular weight is 288 g/mol. The van der Waals surface area contributed by atoms with Gasteiger partial charge in [0, 0.05) is 18.6 Å². The van der Waals surface area contributed by atoms with E-state index in [1.165, 1.54) is 22.5 Å². The first-order valence-corrected chi connectivity index (χ1v) is 7.75. The number of benzene rings is 1. The number of hydrogen-bond acceptors (Lipinski definition) is 3. The molecule has 19 heavy (non-hydrogen) atoms. The van der Waals surface area contributed by atoms with Crippen molar-refractivity contribution in [2.24, 2.45) is 5.73 Å². The molecule has 0 saturated heterocycles. The van der Waals surface area contributed by atoms with Gasteiger partial charge in [0.2, 0.25) is 10.0 Å². The van der Waals surface area contributed by atoms with Crippen LogP contribution in [0.15, 0.2) is 29.2 Å². The Labute approximate surface area is 114 Å². The average Bonchev–Trinajstić information content (AvgIpc) is 2.39. The topological polar surface area (TPSA) is 63.4 Å². The molecular weight excluding hydrogens is 267 g/mol. The minimum atomic E-state index is -3.89. The Kier molecular flexibility index (Phi) is 5.06. The summed E-state index contributed by atoms with van der Waals surface area (Å²) in [4.78, 5) is -0.301. The van der Waals surface area contributed by atoms with Gasteiger partial charge in [-0.05, 0) is 25.5 Å². The Morgan fingerprint density at radius 1 is 1.32 bits per heavy atom. The van der Waals surface area contributed by atoms with Crippen LogP contribution in [-0.4, -0.2) is 31.4 Å². The Hall–Kier alpha value is -0.980. The highest BCUT2D eigenvalue weighted by atomic mass is 32.2. The summed E-state index contributed by atoms with van der Waals surface area (Å²) in [6.07, 6.45) is 0.561. The predicted octanol–water partition coefficient (Wildman–Crippen LogP) is 1.96. The molecule has 0 heterocycles. The molecule has 0 aliphatic rings. The number of nitrogens with zero attached hydrogens (tertiary/aromatic N) is 1. The third kappa shape index (κ3) is 2.96. The Bertz CT molecular complexity index is 527. The summed E-state index contributed by atoms with van der Waals surface area (Å²) in [5, 5.41) is 0. The fourth-order valence-corrected chi connectivity index (χ4v) is 3.96. The van der Waals surface area contributed by atoms with Gasteiger partial charge in [-0.15, -0.1) is 0 Å². The third-order valence-corrected chi connectivity index (χ3v) is 5.66. The summed E-state index contributed by atoms with van der Waals surface area (Å²) in [5.74, 6) is -0.739. The summed E-state index contributed by atoms with van der Waals surface area (Å²) >= 11 is 0. The zero-order chi connectivity index (χ0) is 14.7. The molecule has 6 heteroatoms. The van der Waals surface area contributed by atoms with E-state index < -0.39 is 21.4 Å². The molecular formula is C13H21FN2O2S. The maximum atomic E-state index is 13.7. The molecule has 0 amide bonds. The van der Waals surface area contributed by atoms with Gasteiger partial charge in [0.25, 0.3) is 0 Å². The molecule has 0 spiro atoms. The molecule has 1 aromatic rings. The van der Waals surface area contributed by atoms with Gasteiger partial charge in [-0.2, -0.15) is 4.31 Å². The van der Waals surface area contributed by atoms with Crippen molar-refractivity contribution in [3.05, 3.63) is 30.1 Å². The zero-order valence-corrected chi connectivity index (χ0v) is 12.4. The quantitative estimate of drug-likeness (QED) is 0.870. The molecule has 0 saturated carbocycles. The molecule has 0 bridgehead atoms. The number of likely N-dealkylation sites (N-methyl/N-ethyl adjacent to an activating group) is 1. The summed E-state index contributed by atoms with van der Waals surface area (Å²) in [7, 11) is -3.89. The van der Waals surface area contributed by atoms with Crippen LogP contribution >= 0.6 is 0 Å². The Balaban J connectivity index is 3.36. The molecule has 108 valence electrons. The standard InChI is InChI=1S/C13H21FN2O2S/c1-4-13(3,10-15)16(5-2)19(17,18)12-9-7-6-8-11(12)14/h6-9H,4-5,10,15H2,1-3H3. The lowest BCUT2D eigenvalue weighted by atomic mass is 9.99. The van der Waals surface area contributed by atoms with Crippen LogP contribution in [0.25, 0.3) is 0 Å². The van der Waals surface area contributed by atoms with E-state index in [4.69, 9.17) is 5.73 Å². The van der Waals surface area contributed by atoms with Crippen molar-refractivity contribution in [1.29, 1.82) is 0 Å². The van der Waals surface area contributed by atoms with Crippen molar-refractivity contribution in [1.82, 2.24) is 4.31 Å². The van der Waals surface area contributed by atoms with Gasteiger partial charge in [0.15, 0.2) is 0 Å². The van der Waals surface area contributed by atoms with Gasteiger partial charge in [-0.1, -0.05) is 26.0 Å². The zero-order valence-electron chi connectivity index (χ0n) is 11.6. The highest BCUT2D eigenvalue weighted by Gasteiger charge is 2.38. The van der Waals surface area contributed by atoms with Crippen LogP contribution in [0, 0.1) is 5.82 Å². The van der Waals surface area contributed by atoms with E-state index in [2.05, 4.69) is 0 Å². The van der Waals surface area contributed by atoms with Crippen LogP contribution in [0.5, 0.6) is 0 Å². The highest BCUT2D eigenvalue weighted by Crippen LogP contribution is 2.27. The fraction of sp³-hybridized carbons (Fsp3) is 0.538. The van der Waals surface area contributed by atoms with Crippen LogP contribution in [0.2, 0.25) is 0 Å². The van der Waals surface area contributed by atoms with Crippen molar-refractivity contribution >= 4 is 10.0 Å². The Morgan fingerprint density at radius 2 is 1.89 bits per heavy atom. The number of hydrogen-bond donors (Lipinski definition) is 1. The van der Waals surface area contributed by atoms with Gasteiger partial charge < -0.3 is 5.73 Å². The molecule has 1 atom stereocenters. The van der Waals surface area contributed by atoms with E-state index >= 15 is 0 Å². The van der Waals surface area contributed by atoms with Crippen molar-refractivity contribution < 1.29 is 12.8 Å². The van der Waals surface area contributed by atoms with Gasteiger partial charge >= 0.3 is 0 Å². The maximum Gasteiger partial charge on any atom is 0.246 e. The maximum absolute atomic E-state index is 13.7. The lowest BCUT2D eigenvalue weighted by molar-refractivity contribution is 0.213. The minimum Gasteiger partial charge on any atom is -0.329 e. The number of sulfonamides is 1. The molecule has 0 aliphatic carbocycles. The van der Waals surface area contributed by atoms with Crippen LogP contribution in [0.4, 0.5) is 4.39 Å². The molecule has 0 aromatic heterocycles. The van der Waals surface area contributed by atoms with Gasteiger partial charge in [0.1, 0.15) is 10.7 Å². The molecule has 0 radical (unpaired) electrons. The molecule has 1 aromatic carbocycles. The number of nitrogens with two attached hydrogens (primary N) is 1. The lowest BCUT2D eigenvalue weighted by Crippen LogP contribution is -2.53. The molecule has 0 fully saturated rings. The van der Waals surface area contributed by atoms with Crippen LogP contribution < -0.4 is 5.73 Å². The van der Waals surface area contributed by atoms with E-state index in [9.17, 15) is 12.8 Å². The molecule has 1 unspecified atom stereocenters. The summed E-state index contributed by atoms with van der Waals surface area (Å²) in [6.45, 7) is 5.80. The largest absolute Gasteiger partial charge is 0.329 e. The first-order valence-electron chi connectivity index (χ1n) is 6.31. The third-order valence-electron chi connectivity index (χ3n) is 3.50. The number of rotatable bonds is 6. The van der Waals surface area contributed by atoms with E-state index in [-0.39, 0.29) is 18.0 Å².